The van der Waals surface area contributed by atoms with Gasteiger partial charge in [-0.05, 0) is 11.8 Å². The molecular weight excluding hydrogens is 256 g/mol. The van der Waals surface area contributed by atoms with Crippen molar-refractivity contribution in [3.05, 3.63) is 12.4 Å². The zero-order chi connectivity index (χ0) is 15.2. The number of anilines is 1. The molecule has 6 heteroatoms. The van der Waals surface area contributed by atoms with Crippen LogP contribution in [0.3, 0.4) is 0 Å². The van der Waals surface area contributed by atoms with E-state index in [4.69, 9.17) is 10.5 Å². The van der Waals surface area contributed by atoms with Crippen molar-refractivity contribution in [3.63, 3.8) is 0 Å². The third-order valence-corrected chi connectivity index (χ3v) is 2.76. The molecule has 6 nitrogen and oxygen atoms in total. The Kier molecular flexibility index (Phi) is 6.16. The molecule has 0 aliphatic rings. The molecule has 0 saturated heterocycles. The predicted octanol–water partition coefficient (Wildman–Crippen LogP) is 1.62. The van der Waals surface area contributed by atoms with Gasteiger partial charge in [0.15, 0.2) is 0 Å². The van der Waals surface area contributed by atoms with Crippen molar-refractivity contribution in [3.8, 4) is 0 Å². The van der Waals surface area contributed by atoms with Crippen molar-refractivity contribution in [2.75, 3.05) is 19.0 Å². The molecule has 1 heterocycles. The summed E-state index contributed by atoms with van der Waals surface area (Å²) in [6, 6.07) is -0.126. The molecule has 20 heavy (non-hydrogen) atoms. The maximum absolute atomic E-state index is 11.9. The van der Waals surface area contributed by atoms with E-state index in [2.05, 4.69) is 31.2 Å². The maximum Gasteiger partial charge on any atom is 0.226 e. The molecule has 3 N–H and O–H groups in total. The predicted molar refractivity (Wildman–Crippen MR) is 79.4 cm³/mol. The molecule has 1 aromatic heterocycles. The second-order valence-electron chi connectivity index (χ2n) is 6.26. The summed E-state index contributed by atoms with van der Waals surface area (Å²) in [5.74, 6) is -0.0759. The lowest BCUT2D eigenvalue weighted by Gasteiger charge is -2.22. The Labute approximate surface area is 120 Å². The molecule has 0 bridgehead atoms. The number of nitrogens with two attached hydrogens (primary N) is 1. The summed E-state index contributed by atoms with van der Waals surface area (Å²) in [6.07, 6.45) is 4.54. The molecule has 0 aliphatic carbocycles. The second kappa shape index (κ2) is 7.40. The fourth-order valence-corrected chi connectivity index (χ4v) is 2.04. The first-order valence-electron chi connectivity index (χ1n) is 6.87. The van der Waals surface area contributed by atoms with E-state index >= 15 is 0 Å². The van der Waals surface area contributed by atoms with Gasteiger partial charge in [-0.25, -0.2) is 0 Å². The molecule has 0 radical (unpaired) electrons. The minimum atomic E-state index is -0.126. The second-order valence-corrected chi connectivity index (χ2v) is 6.26. The topological polar surface area (TPSA) is 82.2 Å². The third kappa shape index (κ3) is 6.68. The van der Waals surface area contributed by atoms with Crippen LogP contribution < -0.4 is 11.1 Å². The van der Waals surface area contributed by atoms with Gasteiger partial charge in [-0.2, -0.15) is 5.10 Å². The largest absolute Gasteiger partial charge is 0.383 e. The molecule has 1 atom stereocenters. The number of carbonyl (C=O) groups is 1. The van der Waals surface area contributed by atoms with Crippen LogP contribution in [0.15, 0.2) is 12.4 Å². The number of carbonyl (C=O) groups excluding carboxylic acids is 1. The highest BCUT2D eigenvalue weighted by Gasteiger charge is 2.18. The van der Waals surface area contributed by atoms with Gasteiger partial charge in [0, 0.05) is 25.8 Å². The lowest BCUT2D eigenvalue weighted by molar-refractivity contribution is -0.116. The van der Waals surface area contributed by atoms with Crippen LogP contribution in [0.4, 0.5) is 5.69 Å². The highest BCUT2D eigenvalue weighted by molar-refractivity contribution is 5.90. The van der Waals surface area contributed by atoms with Crippen LogP contribution in [0.2, 0.25) is 0 Å². The molecule has 0 aromatic carbocycles. The monoisotopic (exact) mass is 282 g/mol. The molecule has 1 aromatic rings. The summed E-state index contributed by atoms with van der Waals surface area (Å²) in [7, 11) is 1.64. The van der Waals surface area contributed by atoms with E-state index in [1.165, 1.54) is 0 Å². The molecule has 1 amide bonds. The van der Waals surface area contributed by atoms with E-state index < -0.39 is 0 Å². The smallest absolute Gasteiger partial charge is 0.226 e. The van der Waals surface area contributed by atoms with Crippen molar-refractivity contribution >= 4 is 11.6 Å². The molecule has 0 saturated carbocycles. The zero-order valence-corrected chi connectivity index (χ0v) is 12.8. The lowest BCUT2D eigenvalue weighted by atomic mass is 9.87. The SMILES string of the molecule is COCCn1cc(NC(=O)CC(N)CC(C)(C)C)cn1. The number of nitrogens with zero attached hydrogens (tertiary/aromatic N) is 2. The summed E-state index contributed by atoms with van der Waals surface area (Å²) < 4.78 is 6.70. The van der Waals surface area contributed by atoms with Gasteiger partial charge in [-0.1, -0.05) is 20.8 Å². The number of methoxy groups -OCH3 is 1. The molecular formula is C14H26N4O2. The number of hydrogen-bond acceptors (Lipinski definition) is 4. The first-order chi connectivity index (χ1) is 9.30. The van der Waals surface area contributed by atoms with Crippen LogP contribution >= 0.6 is 0 Å². The summed E-state index contributed by atoms with van der Waals surface area (Å²) in [5, 5.41) is 6.95. The highest BCUT2D eigenvalue weighted by Crippen LogP contribution is 2.21. The number of nitrogens with one attached hydrogen (secondary N) is 1. The van der Waals surface area contributed by atoms with E-state index in [1.807, 2.05) is 0 Å². The first-order valence-corrected chi connectivity index (χ1v) is 6.87. The van der Waals surface area contributed by atoms with Crippen molar-refractivity contribution in [2.24, 2.45) is 11.1 Å². The van der Waals surface area contributed by atoms with E-state index in [1.54, 1.807) is 24.2 Å². The number of hydrogen-bond donors (Lipinski definition) is 2. The van der Waals surface area contributed by atoms with E-state index in [0.29, 0.717) is 25.3 Å². The molecule has 0 aliphatic heterocycles. The van der Waals surface area contributed by atoms with Gasteiger partial charge >= 0.3 is 0 Å². The molecule has 1 rings (SSSR count). The van der Waals surface area contributed by atoms with Gasteiger partial charge in [0.1, 0.15) is 0 Å². The number of rotatable bonds is 7. The van der Waals surface area contributed by atoms with Crippen molar-refractivity contribution in [2.45, 2.75) is 46.2 Å². The molecule has 0 fully saturated rings. The van der Waals surface area contributed by atoms with Crippen molar-refractivity contribution < 1.29 is 9.53 Å². The molecule has 1 unspecified atom stereocenters. The fourth-order valence-electron chi connectivity index (χ4n) is 2.04. The number of ether oxygens (including phenoxy) is 1. The fraction of sp³-hybridized carbons (Fsp3) is 0.714. The van der Waals surface area contributed by atoms with Crippen LogP contribution in [-0.2, 0) is 16.1 Å². The Morgan fingerprint density at radius 1 is 1.55 bits per heavy atom. The van der Waals surface area contributed by atoms with Crippen molar-refractivity contribution in [1.29, 1.82) is 0 Å². The van der Waals surface area contributed by atoms with E-state index in [0.717, 1.165) is 6.42 Å². The van der Waals surface area contributed by atoms with Crippen LogP contribution in [0.5, 0.6) is 0 Å². The highest BCUT2D eigenvalue weighted by atomic mass is 16.5. The Hall–Kier alpha value is -1.40. The van der Waals surface area contributed by atoms with Crippen LogP contribution in [0.1, 0.15) is 33.6 Å². The van der Waals surface area contributed by atoms with Crippen molar-refractivity contribution in [1.82, 2.24) is 9.78 Å². The summed E-state index contributed by atoms with van der Waals surface area (Å²) in [4.78, 5) is 11.9. The maximum atomic E-state index is 11.9. The van der Waals surface area contributed by atoms with Gasteiger partial charge in [0.05, 0.1) is 25.0 Å². The Bertz CT molecular complexity index is 423. The van der Waals surface area contributed by atoms with E-state index in [-0.39, 0.29) is 17.4 Å². The number of amides is 1. The van der Waals surface area contributed by atoms with Gasteiger partial charge in [-0.15, -0.1) is 0 Å². The summed E-state index contributed by atoms with van der Waals surface area (Å²) >= 11 is 0. The number of aromatic nitrogens is 2. The van der Waals surface area contributed by atoms with Gasteiger partial charge in [0.25, 0.3) is 0 Å². The van der Waals surface area contributed by atoms with Crippen LogP contribution in [0, 0.1) is 5.41 Å². The lowest BCUT2D eigenvalue weighted by Crippen LogP contribution is -2.31. The first kappa shape index (κ1) is 16.7. The minimum Gasteiger partial charge on any atom is -0.383 e. The standard InChI is InChI=1S/C14H26N4O2/c1-14(2,3)8-11(15)7-13(19)17-12-9-16-18(10-12)5-6-20-4/h9-11H,5-8,15H2,1-4H3,(H,17,19). The Morgan fingerprint density at radius 3 is 2.85 bits per heavy atom. The van der Waals surface area contributed by atoms with Gasteiger partial charge in [0.2, 0.25) is 5.91 Å². The Morgan fingerprint density at radius 2 is 2.25 bits per heavy atom. The summed E-state index contributed by atoms with van der Waals surface area (Å²) in [6.45, 7) is 7.60. The normalized spacial score (nSPS) is 13.2. The molecule has 0 spiro atoms. The third-order valence-electron chi connectivity index (χ3n) is 2.76. The van der Waals surface area contributed by atoms with Crippen LogP contribution in [0.25, 0.3) is 0 Å². The van der Waals surface area contributed by atoms with Crippen LogP contribution in [-0.4, -0.2) is 35.4 Å². The zero-order valence-electron chi connectivity index (χ0n) is 12.8. The average Bonchev–Trinajstić information content (AvgIpc) is 2.70. The summed E-state index contributed by atoms with van der Waals surface area (Å²) in [5.41, 5.74) is 6.81. The minimum absolute atomic E-state index is 0.0759. The molecule has 114 valence electrons. The van der Waals surface area contributed by atoms with Gasteiger partial charge in [-0.3, -0.25) is 9.48 Å². The quantitative estimate of drug-likeness (QED) is 0.796. The van der Waals surface area contributed by atoms with Gasteiger partial charge < -0.3 is 15.8 Å². The Balaban J connectivity index is 2.40. The van der Waals surface area contributed by atoms with E-state index in [9.17, 15) is 4.79 Å². The average molecular weight is 282 g/mol.